The van der Waals surface area contributed by atoms with Gasteiger partial charge in [-0.1, -0.05) is 18.2 Å². The van der Waals surface area contributed by atoms with Gasteiger partial charge in [0.2, 0.25) is 0 Å². The quantitative estimate of drug-likeness (QED) is 0.669. The zero-order valence-corrected chi connectivity index (χ0v) is 16.8. The molecule has 0 bridgehead atoms. The third kappa shape index (κ3) is 5.26. The molecular weight excluding hydrogens is 370 g/mol. The smallest absolute Gasteiger partial charge is 0.255 e. The summed E-state index contributed by atoms with van der Waals surface area (Å²) in [6.45, 7) is 2.49. The molecule has 0 saturated carbocycles. The number of ether oxygens (including phenoxy) is 2. The van der Waals surface area contributed by atoms with E-state index in [2.05, 4.69) is 16.0 Å². The molecule has 154 valence electrons. The summed E-state index contributed by atoms with van der Waals surface area (Å²) in [5.41, 5.74) is 1.20. The molecule has 3 N–H and O–H groups in total. The van der Waals surface area contributed by atoms with Crippen molar-refractivity contribution in [2.24, 2.45) is 5.92 Å². The monoisotopic (exact) mass is 397 g/mol. The number of piperidine rings is 1. The van der Waals surface area contributed by atoms with Crippen molar-refractivity contribution in [3.63, 3.8) is 0 Å². The van der Waals surface area contributed by atoms with E-state index in [9.17, 15) is 9.59 Å². The van der Waals surface area contributed by atoms with Gasteiger partial charge in [0.15, 0.2) is 11.5 Å². The molecule has 0 spiro atoms. The summed E-state index contributed by atoms with van der Waals surface area (Å²) in [5.74, 6) is 0.692. The van der Waals surface area contributed by atoms with E-state index in [1.165, 1.54) is 14.2 Å². The average molecular weight is 397 g/mol. The molecule has 1 heterocycles. The first-order chi connectivity index (χ1) is 14.1. The van der Waals surface area contributed by atoms with Crippen LogP contribution in [0.2, 0.25) is 0 Å². The minimum absolute atomic E-state index is 0.264. The van der Waals surface area contributed by atoms with Crippen molar-refractivity contribution in [2.45, 2.75) is 12.8 Å². The highest BCUT2D eigenvalue weighted by molar-refractivity contribution is 6.09. The lowest BCUT2D eigenvalue weighted by molar-refractivity contribution is 0.0945. The number of rotatable bonds is 7. The number of amides is 2. The molecule has 2 amide bonds. The molecule has 3 rings (SSSR count). The first-order valence-corrected chi connectivity index (χ1v) is 9.73. The van der Waals surface area contributed by atoms with Crippen LogP contribution in [0.25, 0.3) is 0 Å². The molecule has 1 aliphatic rings. The molecular formula is C22H27N3O4. The van der Waals surface area contributed by atoms with Crippen LogP contribution >= 0.6 is 0 Å². The maximum Gasteiger partial charge on any atom is 0.255 e. The van der Waals surface area contributed by atoms with Gasteiger partial charge in [-0.3, -0.25) is 9.59 Å². The summed E-state index contributed by atoms with van der Waals surface area (Å²) in [5, 5.41) is 9.15. The minimum atomic E-state index is -0.302. The predicted molar refractivity (Wildman–Crippen MR) is 112 cm³/mol. The Morgan fingerprint density at radius 3 is 2.45 bits per heavy atom. The van der Waals surface area contributed by atoms with E-state index in [-0.39, 0.29) is 11.8 Å². The van der Waals surface area contributed by atoms with Crippen LogP contribution < -0.4 is 25.4 Å². The highest BCUT2D eigenvalue weighted by Crippen LogP contribution is 2.33. The zero-order valence-electron chi connectivity index (χ0n) is 16.8. The number of carbonyl (C=O) groups excluding carboxylic acids is 2. The van der Waals surface area contributed by atoms with Gasteiger partial charge in [0.25, 0.3) is 11.8 Å². The van der Waals surface area contributed by atoms with E-state index in [0.29, 0.717) is 40.8 Å². The van der Waals surface area contributed by atoms with Gasteiger partial charge in [-0.2, -0.15) is 0 Å². The Morgan fingerprint density at radius 1 is 1.07 bits per heavy atom. The Hall–Kier alpha value is -3.06. The van der Waals surface area contributed by atoms with Crippen LogP contribution in [-0.2, 0) is 0 Å². The molecule has 1 fully saturated rings. The van der Waals surface area contributed by atoms with Crippen molar-refractivity contribution in [3.05, 3.63) is 53.6 Å². The predicted octanol–water partition coefficient (Wildman–Crippen LogP) is 2.69. The summed E-state index contributed by atoms with van der Waals surface area (Å²) in [6.07, 6.45) is 2.19. The van der Waals surface area contributed by atoms with E-state index in [4.69, 9.17) is 9.47 Å². The van der Waals surface area contributed by atoms with Gasteiger partial charge in [0.05, 0.1) is 25.5 Å². The second-order valence-corrected chi connectivity index (χ2v) is 7.00. The summed E-state index contributed by atoms with van der Waals surface area (Å²) in [6, 6.07) is 12.0. The van der Waals surface area contributed by atoms with Gasteiger partial charge in [-0.05, 0) is 50.0 Å². The number of hydrogen-bond donors (Lipinski definition) is 3. The first kappa shape index (κ1) is 20.7. The van der Waals surface area contributed by atoms with Crippen molar-refractivity contribution >= 4 is 17.5 Å². The second-order valence-electron chi connectivity index (χ2n) is 7.00. The number of anilines is 1. The van der Waals surface area contributed by atoms with Crippen LogP contribution in [0.1, 0.15) is 33.6 Å². The minimum Gasteiger partial charge on any atom is -0.493 e. The van der Waals surface area contributed by atoms with Crippen molar-refractivity contribution in [1.29, 1.82) is 0 Å². The Labute approximate surface area is 170 Å². The lowest BCUT2D eigenvalue weighted by atomic mass is 9.99. The molecule has 0 radical (unpaired) electrons. The van der Waals surface area contributed by atoms with Gasteiger partial charge in [0, 0.05) is 18.2 Å². The van der Waals surface area contributed by atoms with E-state index in [1.807, 2.05) is 6.07 Å². The molecule has 7 heteroatoms. The number of hydrogen-bond acceptors (Lipinski definition) is 5. The van der Waals surface area contributed by atoms with Crippen LogP contribution in [0.3, 0.4) is 0 Å². The van der Waals surface area contributed by atoms with Gasteiger partial charge in [0.1, 0.15) is 0 Å². The fourth-order valence-corrected chi connectivity index (χ4v) is 3.38. The van der Waals surface area contributed by atoms with E-state index in [1.54, 1.807) is 36.4 Å². The Bertz CT molecular complexity index is 849. The second kappa shape index (κ2) is 9.93. The molecule has 29 heavy (non-hydrogen) atoms. The van der Waals surface area contributed by atoms with Gasteiger partial charge < -0.3 is 25.4 Å². The highest BCUT2D eigenvalue weighted by Gasteiger charge is 2.20. The van der Waals surface area contributed by atoms with Gasteiger partial charge in [-0.25, -0.2) is 0 Å². The van der Waals surface area contributed by atoms with Crippen LogP contribution in [-0.4, -0.2) is 45.7 Å². The summed E-state index contributed by atoms with van der Waals surface area (Å²) >= 11 is 0. The Morgan fingerprint density at radius 2 is 1.79 bits per heavy atom. The number of benzene rings is 2. The van der Waals surface area contributed by atoms with Crippen molar-refractivity contribution < 1.29 is 19.1 Å². The van der Waals surface area contributed by atoms with Crippen molar-refractivity contribution in [1.82, 2.24) is 10.6 Å². The fourth-order valence-electron chi connectivity index (χ4n) is 3.38. The maximum absolute atomic E-state index is 12.9. The lowest BCUT2D eigenvalue weighted by Crippen LogP contribution is -2.38. The van der Waals surface area contributed by atoms with Gasteiger partial charge >= 0.3 is 0 Å². The van der Waals surface area contributed by atoms with Crippen LogP contribution in [0.5, 0.6) is 11.5 Å². The molecule has 1 saturated heterocycles. The van der Waals surface area contributed by atoms with Crippen LogP contribution in [0.4, 0.5) is 5.69 Å². The normalized spacial score (nSPS) is 16.0. The molecule has 7 nitrogen and oxygen atoms in total. The molecule has 1 atom stereocenters. The Kier molecular flexibility index (Phi) is 7.08. The van der Waals surface area contributed by atoms with E-state index in [0.717, 1.165) is 25.9 Å². The van der Waals surface area contributed by atoms with Crippen LogP contribution in [0.15, 0.2) is 42.5 Å². The summed E-state index contributed by atoms with van der Waals surface area (Å²) in [7, 11) is 3.02. The van der Waals surface area contributed by atoms with E-state index >= 15 is 0 Å². The zero-order chi connectivity index (χ0) is 20.6. The first-order valence-electron chi connectivity index (χ1n) is 9.73. The van der Waals surface area contributed by atoms with Gasteiger partial charge in [-0.15, -0.1) is 0 Å². The third-order valence-corrected chi connectivity index (χ3v) is 5.00. The average Bonchev–Trinajstić information content (AvgIpc) is 2.78. The highest BCUT2D eigenvalue weighted by atomic mass is 16.5. The number of carbonyl (C=O) groups is 2. The summed E-state index contributed by atoms with van der Waals surface area (Å²) < 4.78 is 10.7. The Balaban J connectivity index is 1.82. The molecule has 1 unspecified atom stereocenters. The number of methoxy groups -OCH3 is 2. The fraction of sp³-hybridized carbons (Fsp3) is 0.364. The van der Waals surface area contributed by atoms with Crippen molar-refractivity contribution in [2.75, 3.05) is 39.2 Å². The molecule has 0 aliphatic carbocycles. The molecule has 2 aromatic rings. The maximum atomic E-state index is 12.9. The summed E-state index contributed by atoms with van der Waals surface area (Å²) in [4.78, 5) is 25.5. The lowest BCUT2D eigenvalue weighted by Gasteiger charge is -2.23. The van der Waals surface area contributed by atoms with Crippen LogP contribution in [0, 0.1) is 5.92 Å². The third-order valence-electron chi connectivity index (χ3n) is 5.00. The standard InChI is InChI=1S/C22H27N3O4/c1-28-19-11-17(22(27)24-14-15-7-6-10-23-13-15)18(12-20(19)29-2)25-21(26)16-8-4-3-5-9-16/h3-5,8-9,11-12,15,23H,6-7,10,13-14H2,1-2H3,(H,24,27)(H,25,26). The largest absolute Gasteiger partial charge is 0.493 e. The number of nitrogens with one attached hydrogen (secondary N) is 3. The molecule has 2 aromatic carbocycles. The SMILES string of the molecule is COc1cc(NC(=O)c2ccccc2)c(C(=O)NCC2CCCNC2)cc1OC. The molecule has 0 aromatic heterocycles. The topological polar surface area (TPSA) is 88.7 Å². The van der Waals surface area contributed by atoms with E-state index < -0.39 is 0 Å². The van der Waals surface area contributed by atoms with Crippen molar-refractivity contribution in [3.8, 4) is 11.5 Å². The molecule has 1 aliphatic heterocycles.